The second-order valence-electron chi connectivity index (χ2n) is 2.61. The van der Waals surface area contributed by atoms with Crippen molar-refractivity contribution in [2.45, 2.75) is 0 Å². The van der Waals surface area contributed by atoms with Crippen LogP contribution in [0.15, 0.2) is 36.4 Å². The quantitative estimate of drug-likeness (QED) is 0.618. The molecular formula is C11H9O. The van der Waals surface area contributed by atoms with Crippen LogP contribution in [0.2, 0.25) is 0 Å². The summed E-state index contributed by atoms with van der Waals surface area (Å²) in [4.78, 5) is 0. The van der Waals surface area contributed by atoms with Crippen molar-refractivity contribution in [1.29, 1.82) is 0 Å². The molecule has 0 atom stereocenters. The highest BCUT2D eigenvalue weighted by atomic mass is 16.5. The summed E-state index contributed by atoms with van der Waals surface area (Å²) >= 11 is 0. The molecule has 0 bridgehead atoms. The normalized spacial score (nSPS) is 10.1. The second-order valence-corrected chi connectivity index (χ2v) is 2.61. The predicted molar refractivity (Wildman–Crippen MR) is 49.3 cm³/mol. The van der Waals surface area contributed by atoms with Gasteiger partial charge in [-0.2, -0.15) is 0 Å². The molecule has 0 aliphatic heterocycles. The smallest absolute Gasteiger partial charge is 0.126 e. The molecule has 12 heavy (non-hydrogen) atoms. The van der Waals surface area contributed by atoms with Gasteiger partial charge in [0.05, 0.1) is 7.11 Å². The van der Waals surface area contributed by atoms with E-state index in [-0.39, 0.29) is 0 Å². The van der Waals surface area contributed by atoms with Gasteiger partial charge in [-0.25, -0.2) is 0 Å². The van der Waals surface area contributed by atoms with E-state index in [1.54, 1.807) is 7.11 Å². The molecule has 0 unspecified atom stereocenters. The first kappa shape index (κ1) is 7.17. The van der Waals surface area contributed by atoms with E-state index in [1.165, 1.54) is 5.39 Å². The zero-order valence-corrected chi connectivity index (χ0v) is 6.87. The molecule has 2 aromatic rings. The number of hydrogen-bond acceptors (Lipinski definition) is 1. The van der Waals surface area contributed by atoms with E-state index in [0.29, 0.717) is 0 Å². The Morgan fingerprint density at radius 1 is 1.25 bits per heavy atom. The van der Waals surface area contributed by atoms with Crippen LogP contribution in [-0.4, -0.2) is 7.11 Å². The zero-order valence-electron chi connectivity index (χ0n) is 6.87. The Balaban J connectivity index is 2.79. The highest BCUT2D eigenvalue weighted by Gasteiger charge is 1.97. The maximum atomic E-state index is 5.21. The van der Waals surface area contributed by atoms with Gasteiger partial charge in [-0.1, -0.05) is 24.3 Å². The Morgan fingerprint density at radius 3 is 3.00 bits per heavy atom. The lowest BCUT2D eigenvalue weighted by Gasteiger charge is -2.03. The predicted octanol–water partition coefficient (Wildman–Crippen LogP) is 2.65. The summed E-state index contributed by atoms with van der Waals surface area (Å²) < 4.78 is 5.21. The van der Waals surface area contributed by atoms with Gasteiger partial charge in [-0.05, 0) is 23.6 Å². The summed E-state index contributed by atoms with van der Waals surface area (Å²) in [7, 11) is 1.68. The fraction of sp³-hybridized carbons (Fsp3) is 0.0909. The van der Waals surface area contributed by atoms with Gasteiger partial charge in [0.25, 0.3) is 0 Å². The van der Waals surface area contributed by atoms with Gasteiger partial charge in [0.15, 0.2) is 0 Å². The summed E-state index contributed by atoms with van der Waals surface area (Å²) in [6.45, 7) is 0. The number of methoxy groups -OCH3 is 1. The molecule has 2 rings (SSSR count). The largest absolute Gasteiger partial charge is 0.496 e. The average Bonchev–Trinajstić information content (AvgIpc) is 2.17. The molecule has 2 aromatic carbocycles. The summed E-state index contributed by atoms with van der Waals surface area (Å²) in [5.74, 6) is 0.907. The monoisotopic (exact) mass is 157 g/mol. The minimum Gasteiger partial charge on any atom is -0.496 e. The van der Waals surface area contributed by atoms with Crippen LogP contribution in [0.1, 0.15) is 0 Å². The van der Waals surface area contributed by atoms with Crippen LogP contribution in [0.4, 0.5) is 0 Å². The number of benzene rings is 2. The molecule has 0 saturated heterocycles. The first-order valence-corrected chi connectivity index (χ1v) is 3.84. The van der Waals surface area contributed by atoms with Gasteiger partial charge >= 0.3 is 0 Å². The summed E-state index contributed by atoms with van der Waals surface area (Å²) in [6, 6.07) is 14.9. The van der Waals surface area contributed by atoms with Gasteiger partial charge in [-0.15, -0.1) is 0 Å². The summed E-state index contributed by atoms with van der Waals surface area (Å²) in [5, 5.41) is 2.30. The molecule has 0 aliphatic carbocycles. The lowest BCUT2D eigenvalue weighted by Crippen LogP contribution is -1.83. The second kappa shape index (κ2) is 2.86. The molecule has 0 aromatic heterocycles. The Kier molecular flexibility index (Phi) is 1.71. The average molecular weight is 157 g/mol. The van der Waals surface area contributed by atoms with Crippen molar-refractivity contribution in [2.75, 3.05) is 7.11 Å². The van der Waals surface area contributed by atoms with Crippen LogP contribution in [0.25, 0.3) is 10.8 Å². The minimum atomic E-state index is 0.907. The molecule has 0 aliphatic rings. The van der Waals surface area contributed by atoms with Crippen LogP contribution in [0, 0.1) is 6.07 Å². The third-order valence-corrected chi connectivity index (χ3v) is 1.91. The molecule has 1 heteroatoms. The number of hydrogen-bond donors (Lipinski definition) is 0. The van der Waals surface area contributed by atoms with E-state index in [4.69, 9.17) is 4.74 Å². The maximum absolute atomic E-state index is 5.21. The first-order valence-electron chi connectivity index (χ1n) is 3.84. The molecule has 1 radical (unpaired) electrons. The van der Waals surface area contributed by atoms with Crippen LogP contribution < -0.4 is 4.74 Å². The molecule has 1 nitrogen and oxygen atoms in total. The lowest BCUT2D eigenvalue weighted by molar-refractivity contribution is 0.420. The molecule has 0 spiro atoms. The van der Waals surface area contributed by atoms with Crippen LogP contribution >= 0.6 is 0 Å². The fourth-order valence-corrected chi connectivity index (χ4v) is 1.31. The first-order chi connectivity index (χ1) is 5.92. The minimum absolute atomic E-state index is 0.907. The Morgan fingerprint density at radius 2 is 2.17 bits per heavy atom. The van der Waals surface area contributed by atoms with Crippen LogP contribution in [0.5, 0.6) is 5.75 Å². The van der Waals surface area contributed by atoms with Crippen molar-refractivity contribution in [2.24, 2.45) is 0 Å². The van der Waals surface area contributed by atoms with Gasteiger partial charge in [0.1, 0.15) is 5.75 Å². The third kappa shape index (κ3) is 1.03. The van der Waals surface area contributed by atoms with Crippen molar-refractivity contribution in [1.82, 2.24) is 0 Å². The SMILES string of the molecule is COc1cccc2cc[c]cc12. The number of rotatable bonds is 1. The fourth-order valence-electron chi connectivity index (χ4n) is 1.31. The van der Waals surface area contributed by atoms with Gasteiger partial charge < -0.3 is 4.74 Å². The van der Waals surface area contributed by atoms with Gasteiger partial charge in [0.2, 0.25) is 0 Å². The van der Waals surface area contributed by atoms with E-state index < -0.39 is 0 Å². The molecule has 0 N–H and O–H groups in total. The van der Waals surface area contributed by atoms with Crippen molar-refractivity contribution in [3.63, 3.8) is 0 Å². The highest BCUT2D eigenvalue weighted by Crippen LogP contribution is 2.23. The van der Waals surface area contributed by atoms with Crippen molar-refractivity contribution >= 4 is 10.8 Å². The molecule has 0 fully saturated rings. The van der Waals surface area contributed by atoms with Crippen molar-refractivity contribution < 1.29 is 4.74 Å². The lowest BCUT2D eigenvalue weighted by atomic mass is 10.1. The van der Waals surface area contributed by atoms with Crippen molar-refractivity contribution in [3.8, 4) is 5.75 Å². The van der Waals surface area contributed by atoms with Gasteiger partial charge in [-0.3, -0.25) is 0 Å². The van der Waals surface area contributed by atoms with Gasteiger partial charge in [0, 0.05) is 5.39 Å². The highest BCUT2D eigenvalue weighted by molar-refractivity contribution is 5.87. The van der Waals surface area contributed by atoms with E-state index in [2.05, 4.69) is 12.1 Å². The Bertz CT molecular complexity index is 388. The van der Waals surface area contributed by atoms with E-state index >= 15 is 0 Å². The standard InChI is InChI=1S/C11H9O/c1-12-11-8-4-6-9-5-2-3-7-10(9)11/h2,4-8H,1H3. The Hall–Kier alpha value is -1.50. The molecule has 0 saturated carbocycles. The molecule has 0 amide bonds. The summed E-state index contributed by atoms with van der Waals surface area (Å²) in [6.07, 6.45) is 0. The van der Waals surface area contributed by atoms with E-state index in [9.17, 15) is 0 Å². The molecule has 0 heterocycles. The van der Waals surface area contributed by atoms with E-state index in [1.807, 2.05) is 30.3 Å². The van der Waals surface area contributed by atoms with Crippen molar-refractivity contribution in [3.05, 3.63) is 42.5 Å². The van der Waals surface area contributed by atoms with Crippen LogP contribution in [-0.2, 0) is 0 Å². The summed E-state index contributed by atoms with van der Waals surface area (Å²) in [5.41, 5.74) is 0. The maximum Gasteiger partial charge on any atom is 0.126 e. The molecular weight excluding hydrogens is 148 g/mol. The topological polar surface area (TPSA) is 9.23 Å². The zero-order chi connectivity index (χ0) is 8.39. The number of ether oxygens (including phenoxy) is 1. The Labute approximate surface area is 71.6 Å². The molecule has 59 valence electrons. The number of fused-ring (bicyclic) bond motifs is 1. The van der Waals surface area contributed by atoms with Crippen LogP contribution in [0.3, 0.4) is 0 Å². The third-order valence-electron chi connectivity index (χ3n) is 1.91. The van der Waals surface area contributed by atoms with E-state index in [0.717, 1.165) is 11.1 Å².